The molecule has 3 heterocycles. The molecule has 2 aromatic heterocycles. The molecule has 1 aliphatic heterocycles. The summed E-state index contributed by atoms with van der Waals surface area (Å²) in [5.41, 5.74) is 1.94. The molecule has 12 heteroatoms. The summed E-state index contributed by atoms with van der Waals surface area (Å²) in [5.74, 6) is -0.0117. The second-order valence-corrected chi connectivity index (χ2v) is 9.83. The van der Waals surface area contributed by atoms with Gasteiger partial charge in [0, 0.05) is 24.6 Å². The van der Waals surface area contributed by atoms with Gasteiger partial charge in [-0.05, 0) is 49.2 Å². The van der Waals surface area contributed by atoms with Crippen LogP contribution in [0.25, 0.3) is 0 Å². The van der Waals surface area contributed by atoms with Gasteiger partial charge in [-0.25, -0.2) is 13.1 Å². The topological polar surface area (TPSA) is 134 Å². The van der Waals surface area contributed by atoms with Crippen molar-refractivity contribution in [2.45, 2.75) is 24.3 Å². The smallest absolute Gasteiger partial charge is 0.253 e. The number of hydrogen-bond acceptors (Lipinski definition) is 8. The highest BCUT2D eigenvalue weighted by Crippen LogP contribution is 2.22. The lowest BCUT2D eigenvalue weighted by atomic mass is 9.95. The Kier molecular flexibility index (Phi) is 6.63. The van der Waals surface area contributed by atoms with Gasteiger partial charge in [-0.15, -0.1) is 10.2 Å². The molecule has 0 aliphatic carbocycles. The lowest BCUT2D eigenvalue weighted by Gasteiger charge is -2.31. The number of carbonyl (C=O) groups is 2. The SMILES string of the molecule is O=C(Nc1nncs1)C1CCN(C(=O)c2ccc(S(=O)(=O)NCc3ccco3)cc2)CC1. The molecule has 1 saturated heterocycles. The summed E-state index contributed by atoms with van der Waals surface area (Å²) in [6, 6.07) is 9.15. The molecule has 1 fully saturated rings. The zero-order chi connectivity index (χ0) is 22.6. The molecule has 2 N–H and O–H groups in total. The van der Waals surface area contributed by atoms with Crippen molar-refractivity contribution in [3.8, 4) is 0 Å². The summed E-state index contributed by atoms with van der Waals surface area (Å²) in [6.07, 6.45) is 2.55. The highest BCUT2D eigenvalue weighted by atomic mass is 32.2. The molecule has 0 bridgehead atoms. The number of sulfonamides is 1. The van der Waals surface area contributed by atoms with Crippen molar-refractivity contribution in [2.24, 2.45) is 5.92 Å². The number of benzene rings is 1. The second-order valence-electron chi connectivity index (χ2n) is 7.23. The van der Waals surface area contributed by atoms with E-state index in [0.29, 0.717) is 42.4 Å². The van der Waals surface area contributed by atoms with E-state index in [1.807, 2.05) is 0 Å². The highest BCUT2D eigenvalue weighted by molar-refractivity contribution is 7.89. The van der Waals surface area contributed by atoms with E-state index in [4.69, 9.17) is 4.42 Å². The fourth-order valence-electron chi connectivity index (χ4n) is 3.40. The van der Waals surface area contributed by atoms with Crippen LogP contribution in [0.3, 0.4) is 0 Å². The van der Waals surface area contributed by atoms with Gasteiger partial charge < -0.3 is 14.6 Å². The molecule has 168 valence electrons. The van der Waals surface area contributed by atoms with Crippen molar-refractivity contribution in [3.63, 3.8) is 0 Å². The Bertz CT molecular complexity index is 1150. The number of nitrogens with zero attached hydrogens (tertiary/aromatic N) is 3. The van der Waals surface area contributed by atoms with Crippen LogP contribution in [-0.4, -0.2) is 48.4 Å². The molecule has 0 spiro atoms. The molecule has 0 atom stereocenters. The normalized spacial score (nSPS) is 14.9. The summed E-state index contributed by atoms with van der Waals surface area (Å²) in [5, 5.41) is 10.7. The third kappa shape index (κ3) is 5.21. The Labute approximate surface area is 188 Å². The Hall–Kier alpha value is -3.09. The Morgan fingerprint density at radius 3 is 2.53 bits per heavy atom. The maximum Gasteiger partial charge on any atom is 0.253 e. The number of anilines is 1. The predicted molar refractivity (Wildman–Crippen MR) is 116 cm³/mol. The average Bonchev–Trinajstić information content (AvgIpc) is 3.52. The minimum atomic E-state index is -3.73. The van der Waals surface area contributed by atoms with Crippen molar-refractivity contribution < 1.29 is 22.4 Å². The van der Waals surface area contributed by atoms with Crippen molar-refractivity contribution in [2.75, 3.05) is 18.4 Å². The fraction of sp³-hybridized carbons (Fsp3) is 0.300. The van der Waals surface area contributed by atoms with Gasteiger partial charge in [0.2, 0.25) is 21.1 Å². The number of rotatable bonds is 7. The van der Waals surface area contributed by atoms with E-state index >= 15 is 0 Å². The third-order valence-corrected chi connectivity index (χ3v) is 7.20. The molecule has 0 saturated carbocycles. The Balaban J connectivity index is 1.31. The first kappa shape index (κ1) is 22.1. The van der Waals surface area contributed by atoms with Crippen LogP contribution in [-0.2, 0) is 21.4 Å². The third-order valence-electron chi connectivity index (χ3n) is 5.17. The number of aromatic nitrogens is 2. The van der Waals surface area contributed by atoms with Crippen LogP contribution >= 0.6 is 11.3 Å². The number of amides is 2. The summed E-state index contributed by atoms with van der Waals surface area (Å²) in [6.45, 7) is 0.924. The van der Waals surface area contributed by atoms with Gasteiger partial charge in [0.25, 0.3) is 5.91 Å². The monoisotopic (exact) mass is 475 g/mol. The van der Waals surface area contributed by atoms with Crippen molar-refractivity contribution in [3.05, 3.63) is 59.5 Å². The van der Waals surface area contributed by atoms with Crippen LogP contribution in [0.15, 0.2) is 57.5 Å². The molecule has 1 aliphatic rings. The van der Waals surface area contributed by atoms with Gasteiger partial charge in [-0.2, -0.15) is 0 Å². The summed E-state index contributed by atoms with van der Waals surface area (Å²) in [7, 11) is -3.73. The predicted octanol–water partition coefficient (Wildman–Crippen LogP) is 2.10. The first-order valence-electron chi connectivity index (χ1n) is 9.91. The molecular formula is C20H21N5O5S2. The second kappa shape index (κ2) is 9.59. The summed E-state index contributed by atoms with van der Waals surface area (Å²) in [4.78, 5) is 26.9. The molecule has 0 unspecified atom stereocenters. The number of nitrogens with one attached hydrogen (secondary N) is 2. The van der Waals surface area contributed by atoms with Crippen LogP contribution in [0.1, 0.15) is 29.0 Å². The molecule has 0 radical (unpaired) electrons. The molecular weight excluding hydrogens is 454 g/mol. The van der Waals surface area contributed by atoms with Gasteiger partial charge in [-0.1, -0.05) is 11.3 Å². The lowest BCUT2D eigenvalue weighted by Crippen LogP contribution is -2.41. The zero-order valence-electron chi connectivity index (χ0n) is 16.9. The van der Waals surface area contributed by atoms with Crippen molar-refractivity contribution in [1.29, 1.82) is 0 Å². The molecule has 1 aromatic carbocycles. The van der Waals surface area contributed by atoms with Gasteiger partial charge in [-0.3, -0.25) is 9.59 Å². The number of likely N-dealkylation sites (tertiary alicyclic amines) is 1. The first-order chi connectivity index (χ1) is 15.4. The maximum atomic E-state index is 12.8. The van der Waals surface area contributed by atoms with Crippen LogP contribution < -0.4 is 10.0 Å². The number of furan rings is 1. The van der Waals surface area contributed by atoms with E-state index in [1.54, 1.807) is 22.5 Å². The molecule has 2 amide bonds. The largest absolute Gasteiger partial charge is 0.468 e. The zero-order valence-corrected chi connectivity index (χ0v) is 18.6. The number of piperidine rings is 1. The van der Waals surface area contributed by atoms with E-state index in [0.717, 1.165) is 0 Å². The Morgan fingerprint density at radius 2 is 1.91 bits per heavy atom. The van der Waals surface area contributed by atoms with Crippen molar-refractivity contribution >= 4 is 38.3 Å². The van der Waals surface area contributed by atoms with Crippen LogP contribution in [0.2, 0.25) is 0 Å². The summed E-state index contributed by atoms with van der Waals surface area (Å²) >= 11 is 1.25. The first-order valence-corrected chi connectivity index (χ1v) is 12.3. The number of carbonyl (C=O) groups excluding carboxylic acids is 2. The molecule has 10 nitrogen and oxygen atoms in total. The van der Waals surface area contributed by atoms with E-state index in [9.17, 15) is 18.0 Å². The van der Waals surface area contributed by atoms with Gasteiger partial charge in [0.15, 0.2) is 0 Å². The van der Waals surface area contributed by atoms with Gasteiger partial charge >= 0.3 is 0 Å². The minimum Gasteiger partial charge on any atom is -0.468 e. The van der Waals surface area contributed by atoms with Crippen LogP contribution in [0.5, 0.6) is 0 Å². The summed E-state index contributed by atoms with van der Waals surface area (Å²) < 4.78 is 32.4. The standard InChI is InChI=1S/C20H21N5O5S2/c26-18(23-20-24-21-13-31-20)14-7-9-25(10-8-14)19(27)15-3-5-17(6-4-15)32(28,29)22-12-16-2-1-11-30-16/h1-6,11,13-14,22H,7-10,12H2,(H,23,24,26). The maximum absolute atomic E-state index is 12.8. The average molecular weight is 476 g/mol. The van der Waals surface area contributed by atoms with E-state index in [1.165, 1.54) is 41.9 Å². The van der Waals surface area contributed by atoms with Gasteiger partial charge in [0.05, 0.1) is 17.7 Å². The van der Waals surface area contributed by atoms with Crippen LogP contribution in [0.4, 0.5) is 5.13 Å². The van der Waals surface area contributed by atoms with E-state index in [2.05, 4.69) is 20.2 Å². The minimum absolute atomic E-state index is 0.0393. The lowest BCUT2D eigenvalue weighted by molar-refractivity contribution is -0.121. The highest BCUT2D eigenvalue weighted by Gasteiger charge is 2.28. The fourth-order valence-corrected chi connectivity index (χ4v) is 4.84. The molecule has 3 aromatic rings. The molecule has 4 rings (SSSR count). The molecule has 32 heavy (non-hydrogen) atoms. The van der Waals surface area contributed by atoms with Crippen molar-refractivity contribution in [1.82, 2.24) is 19.8 Å². The quantitative estimate of drug-likeness (QED) is 0.534. The number of hydrogen-bond donors (Lipinski definition) is 2. The van der Waals surface area contributed by atoms with E-state index < -0.39 is 10.0 Å². The van der Waals surface area contributed by atoms with E-state index in [-0.39, 0.29) is 29.2 Å². The van der Waals surface area contributed by atoms with Crippen LogP contribution in [0, 0.1) is 5.92 Å². The Morgan fingerprint density at radius 1 is 1.16 bits per heavy atom. The van der Waals surface area contributed by atoms with Gasteiger partial charge in [0.1, 0.15) is 11.3 Å².